The molecule has 76 heavy (non-hydrogen) atoms. The number of ether oxygens (including phenoxy) is 3. The molecule has 2 atom stereocenters. The van der Waals surface area contributed by atoms with Crippen LogP contribution in [0.3, 0.4) is 0 Å². The number of hydrogen-bond donors (Lipinski definition) is 0. The number of carbonyl (C=O) groups is 3. The van der Waals surface area contributed by atoms with E-state index in [0.29, 0.717) is 19.3 Å². The Morgan fingerprint density at radius 1 is 0.276 bits per heavy atom. The fraction of sp³-hybridized carbons (Fsp3) is 0.957. The van der Waals surface area contributed by atoms with Crippen LogP contribution in [0.4, 0.5) is 0 Å². The molecule has 0 radical (unpaired) electrons. The highest BCUT2D eigenvalue weighted by Gasteiger charge is 2.20. The number of esters is 3. The minimum atomic E-state index is -0.765. The molecule has 6 nitrogen and oxygen atoms in total. The summed E-state index contributed by atoms with van der Waals surface area (Å²) >= 11 is 0. The number of rotatable bonds is 64. The molecule has 0 aromatic rings. The minimum Gasteiger partial charge on any atom is -0.462 e. The largest absolute Gasteiger partial charge is 0.462 e. The fourth-order valence-corrected chi connectivity index (χ4v) is 11.0. The molecule has 0 N–H and O–H groups in total. The van der Waals surface area contributed by atoms with Gasteiger partial charge >= 0.3 is 17.9 Å². The van der Waals surface area contributed by atoms with Crippen LogP contribution in [0.5, 0.6) is 0 Å². The van der Waals surface area contributed by atoms with Gasteiger partial charge < -0.3 is 14.2 Å². The van der Waals surface area contributed by atoms with E-state index in [1.165, 1.54) is 289 Å². The van der Waals surface area contributed by atoms with Crippen molar-refractivity contribution in [1.29, 1.82) is 0 Å². The molecule has 0 fully saturated rings. The first-order valence-electron chi connectivity index (χ1n) is 34.8. The normalized spacial score (nSPS) is 12.4. The molecular formula is C70H136O6. The SMILES string of the molecule is CCCCCCCCCCCCCCCCCCCCCC(=O)OC[C@@H](COC(=O)CCCCCCCCCCCCCCCCC(C)CC)OC(=O)CCCCCCCCCCCCCCCCCCCCC(C)C. The van der Waals surface area contributed by atoms with Gasteiger partial charge in [0.05, 0.1) is 0 Å². The first-order valence-corrected chi connectivity index (χ1v) is 34.8. The van der Waals surface area contributed by atoms with Gasteiger partial charge in [0.25, 0.3) is 0 Å². The van der Waals surface area contributed by atoms with Gasteiger partial charge in [-0.15, -0.1) is 0 Å². The van der Waals surface area contributed by atoms with E-state index in [1.54, 1.807) is 0 Å². The standard InChI is InChI=1S/C70H136O6/c1-6-8-9-10-11-12-13-14-15-16-17-21-24-30-35-40-45-50-55-60-68(71)74-63-67(64-75-69(72)61-56-51-46-41-36-31-27-26-29-34-39-44-49-54-59-66(5)7-2)76-70(73)62-57-52-47-42-37-32-25-22-19-18-20-23-28-33-38-43-48-53-58-65(3)4/h65-67H,6-64H2,1-5H3/t66?,67-/m0/s1. The Hall–Kier alpha value is -1.59. The lowest BCUT2D eigenvalue weighted by atomic mass is 9.99. The average molecular weight is 1070 g/mol. The second kappa shape index (κ2) is 62.6. The summed E-state index contributed by atoms with van der Waals surface area (Å²) in [5.74, 6) is 0.929. The Morgan fingerprint density at radius 2 is 0.500 bits per heavy atom. The van der Waals surface area contributed by atoms with Crippen molar-refractivity contribution in [3.63, 3.8) is 0 Å². The van der Waals surface area contributed by atoms with Crippen LogP contribution < -0.4 is 0 Å². The highest BCUT2D eigenvalue weighted by molar-refractivity contribution is 5.71. The fourth-order valence-electron chi connectivity index (χ4n) is 11.0. The minimum absolute atomic E-state index is 0.0612. The van der Waals surface area contributed by atoms with Crippen LogP contribution in [-0.2, 0) is 28.6 Å². The topological polar surface area (TPSA) is 78.9 Å². The summed E-state index contributed by atoms with van der Waals surface area (Å²) in [6.45, 7) is 11.5. The van der Waals surface area contributed by atoms with Gasteiger partial charge in [0.2, 0.25) is 0 Å². The average Bonchev–Trinajstić information content (AvgIpc) is 3.41. The van der Waals surface area contributed by atoms with Crippen molar-refractivity contribution < 1.29 is 28.6 Å². The zero-order valence-corrected chi connectivity index (χ0v) is 52.4. The van der Waals surface area contributed by atoms with Gasteiger partial charge in [0.15, 0.2) is 6.10 Å². The molecule has 0 amide bonds. The van der Waals surface area contributed by atoms with Crippen molar-refractivity contribution in [3.05, 3.63) is 0 Å². The molecule has 0 bridgehead atoms. The quantitative estimate of drug-likeness (QED) is 0.0343. The van der Waals surface area contributed by atoms with E-state index < -0.39 is 6.10 Å². The summed E-state index contributed by atoms with van der Waals surface area (Å²) in [4.78, 5) is 38.4. The zero-order chi connectivity index (χ0) is 55.3. The van der Waals surface area contributed by atoms with E-state index in [9.17, 15) is 14.4 Å². The van der Waals surface area contributed by atoms with Gasteiger partial charge in [0, 0.05) is 19.3 Å². The van der Waals surface area contributed by atoms with Crippen molar-refractivity contribution in [3.8, 4) is 0 Å². The lowest BCUT2D eigenvalue weighted by Crippen LogP contribution is -2.30. The second-order valence-corrected chi connectivity index (χ2v) is 24.9. The maximum absolute atomic E-state index is 13.0. The lowest BCUT2D eigenvalue weighted by molar-refractivity contribution is -0.167. The molecule has 452 valence electrons. The molecule has 0 rings (SSSR count). The van der Waals surface area contributed by atoms with Gasteiger partial charge in [0.1, 0.15) is 13.2 Å². The summed E-state index contributed by atoms with van der Waals surface area (Å²) in [7, 11) is 0. The summed E-state index contributed by atoms with van der Waals surface area (Å²) in [5, 5.41) is 0. The Morgan fingerprint density at radius 3 is 0.750 bits per heavy atom. The molecule has 0 aromatic carbocycles. The Bertz CT molecular complexity index is 1170. The molecule has 1 unspecified atom stereocenters. The highest BCUT2D eigenvalue weighted by atomic mass is 16.6. The Kier molecular flexibility index (Phi) is 61.3. The van der Waals surface area contributed by atoms with Gasteiger partial charge in [-0.3, -0.25) is 14.4 Å². The van der Waals surface area contributed by atoms with E-state index in [-0.39, 0.29) is 31.1 Å². The van der Waals surface area contributed by atoms with E-state index in [2.05, 4.69) is 34.6 Å². The summed E-state index contributed by atoms with van der Waals surface area (Å²) in [6.07, 6.45) is 71.1. The second-order valence-electron chi connectivity index (χ2n) is 24.9. The van der Waals surface area contributed by atoms with Gasteiger partial charge in [-0.05, 0) is 31.1 Å². The zero-order valence-electron chi connectivity index (χ0n) is 52.4. The molecule has 6 heteroatoms. The molecule has 0 saturated heterocycles. The van der Waals surface area contributed by atoms with E-state index >= 15 is 0 Å². The van der Waals surface area contributed by atoms with Crippen LogP contribution in [-0.4, -0.2) is 37.2 Å². The predicted molar refractivity (Wildman–Crippen MR) is 330 cm³/mol. The highest BCUT2D eigenvalue weighted by Crippen LogP contribution is 2.20. The molecule has 0 spiro atoms. The van der Waals surface area contributed by atoms with Crippen LogP contribution in [0.15, 0.2) is 0 Å². The molecule has 0 aliphatic carbocycles. The van der Waals surface area contributed by atoms with Crippen molar-refractivity contribution in [2.45, 2.75) is 407 Å². The van der Waals surface area contributed by atoms with E-state index in [4.69, 9.17) is 14.2 Å². The van der Waals surface area contributed by atoms with Gasteiger partial charge in [-0.2, -0.15) is 0 Å². The molecule has 0 aliphatic rings. The third-order valence-corrected chi connectivity index (χ3v) is 16.6. The summed E-state index contributed by atoms with van der Waals surface area (Å²) in [5.41, 5.74) is 0. The van der Waals surface area contributed by atoms with Crippen LogP contribution in [0, 0.1) is 11.8 Å². The molecule has 0 aliphatic heterocycles. The molecular weight excluding hydrogens is 937 g/mol. The first-order chi connectivity index (χ1) is 37.3. The third-order valence-electron chi connectivity index (χ3n) is 16.6. The van der Waals surface area contributed by atoms with Crippen LogP contribution in [0.25, 0.3) is 0 Å². The monoisotopic (exact) mass is 1070 g/mol. The van der Waals surface area contributed by atoms with E-state index in [1.807, 2.05) is 0 Å². The first kappa shape index (κ1) is 74.4. The van der Waals surface area contributed by atoms with Crippen LogP contribution in [0.2, 0.25) is 0 Å². The molecule has 0 saturated carbocycles. The van der Waals surface area contributed by atoms with Crippen LogP contribution >= 0.6 is 0 Å². The third kappa shape index (κ3) is 61.6. The van der Waals surface area contributed by atoms with Crippen molar-refractivity contribution in [2.24, 2.45) is 11.8 Å². The maximum atomic E-state index is 13.0. The summed E-state index contributed by atoms with van der Waals surface area (Å²) < 4.78 is 17.0. The smallest absolute Gasteiger partial charge is 0.306 e. The number of unbranched alkanes of at least 4 members (excludes halogenated alkanes) is 48. The lowest BCUT2D eigenvalue weighted by Gasteiger charge is -2.18. The molecule has 0 aromatic heterocycles. The maximum Gasteiger partial charge on any atom is 0.306 e. The van der Waals surface area contributed by atoms with E-state index in [0.717, 1.165) is 69.6 Å². The van der Waals surface area contributed by atoms with Gasteiger partial charge in [-0.1, -0.05) is 362 Å². The van der Waals surface area contributed by atoms with Crippen LogP contribution in [0.1, 0.15) is 401 Å². The van der Waals surface area contributed by atoms with Crippen molar-refractivity contribution >= 4 is 17.9 Å². The molecule has 0 heterocycles. The van der Waals surface area contributed by atoms with Crippen molar-refractivity contribution in [1.82, 2.24) is 0 Å². The Labute approximate surface area is 476 Å². The number of hydrogen-bond acceptors (Lipinski definition) is 6. The van der Waals surface area contributed by atoms with Gasteiger partial charge in [-0.25, -0.2) is 0 Å². The number of carbonyl (C=O) groups excluding carboxylic acids is 3. The predicted octanol–water partition coefficient (Wildman–Crippen LogP) is 23.6. The summed E-state index contributed by atoms with van der Waals surface area (Å²) in [6, 6.07) is 0. The Balaban J connectivity index is 4.28. The van der Waals surface area contributed by atoms with Crippen molar-refractivity contribution in [2.75, 3.05) is 13.2 Å².